The molecule has 0 bridgehead atoms. The van der Waals surface area contributed by atoms with Crippen molar-refractivity contribution in [2.75, 3.05) is 6.61 Å². The van der Waals surface area contributed by atoms with Crippen molar-refractivity contribution in [1.82, 2.24) is 0 Å². The van der Waals surface area contributed by atoms with Gasteiger partial charge in [-0.25, -0.2) is 0 Å². The monoisotopic (exact) mass is 220 g/mol. The molecule has 0 aliphatic heterocycles. The molecule has 0 saturated heterocycles. The van der Waals surface area contributed by atoms with Crippen LogP contribution in [-0.2, 0) is 0 Å². The Hall–Kier alpha value is 0.787. The zero-order chi connectivity index (χ0) is 8.62. The molecule has 0 rings (SSSR count). The Bertz CT molecular complexity index is 81.5. The summed E-state index contributed by atoms with van der Waals surface area (Å²) in [5.74, 6) is 0. The maximum absolute atomic E-state index is 7.57. The first-order valence-corrected chi connectivity index (χ1v) is 8.00. The molecule has 0 unspecified atom stereocenters. The topological polar surface area (TPSA) is 20.2 Å². The summed E-state index contributed by atoms with van der Waals surface area (Å²) >= 11 is 16.3. The van der Waals surface area contributed by atoms with Crippen molar-refractivity contribution in [3.63, 3.8) is 0 Å². The summed E-state index contributed by atoms with van der Waals surface area (Å²) in [5, 5.41) is 7.57. The maximum atomic E-state index is 7.57. The minimum absolute atomic E-state index is 0.250. The number of aliphatic hydroxyl groups is 1. The van der Waals surface area contributed by atoms with Crippen LogP contribution in [0.5, 0.6) is 0 Å². The van der Waals surface area contributed by atoms with Gasteiger partial charge in [0.1, 0.15) is 0 Å². The van der Waals surface area contributed by atoms with Crippen LogP contribution in [0.1, 0.15) is 6.92 Å². The molecular weight excluding hydrogens is 210 g/mol. The highest BCUT2D eigenvalue weighted by molar-refractivity contribution is 7.64. The van der Waals surface area contributed by atoms with E-state index in [1.54, 1.807) is 13.0 Å². The van der Waals surface area contributed by atoms with Crippen molar-refractivity contribution in [2.45, 2.75) is 13.0 Å². The van der Waals surface area contributed by atoms with Gasteiger partial charge in [-0.1, -0.05) is 6.08 Å². The van der Waals surface area contributed by atoms with Crippen LogP contribution in [0.15, 0.2) is 12.7 Å². The average molecular weight is 222 g/mol. The molecule has 5 heteroatoms. The van der Waals surface area contributed by atoms with Crippen molar-refractivity contribution in [1.29, 1.82) is 0 Å². The Morgan fingerprint density at radius 1 is 1.50 bits per heavy atom. The van der Waals surface area contributed by atoms with Crippen LogP contribution in [0, 0.1) is 0 Å². The normalized spacial score (nSPS) is 9.70. The number of allylic oxidation sites excluding steroid dienone is 1. The number of hydrogen-bond acceptors (Lipinski definition) is 1. The number of rotatable bonds is 2. The van der Waals surface area contributed by atoms with E-state index in [1.807, 2.05) is 0 Å². The Balaban J connectivity index is 0. The summed E-state index contributed by atoms with van der Waals surface area (Å²) in [6, 6.07) is -1.82. The molecule has 0 radical (unpaired) electrons. The average Bonchev–Trinajstić information content (AvgIpc) is 1.63. The molecule has 1 nitrogen and oxygen atoms in total. The van der Waals surface area contributed by atoms with Gasteiger partial charge in [-0.2, -0.15) is 0 Å². The molecule has 0 spiro atoms. The molecule has 0 heterocycles. The lowest BCUT2D eigenvalue weighted by molar-refractivity contribution is 0.318. The number of halogens is 3. The van der Waals surface area contributed by atoms with Gasteiger partial charge in [0.2, 0.25) is 0 Å². The van der Waals surface area contributed by atoms with E-state index in [0.29, 0.717) is 6.04 Å². The highest BCUT2D eigenvalue weighted by atomic mass is 35.8. The number of hydrogen-bond donors (Lipinski definition) is 1. The summed E-state index contributed by atoms with van der Waals surface area (Å²) in [6.45, 7) is 5.36. The molecule has 0 aliphatic carbocycles. The van der Waals surface area contributed by atoms with E-state index in [0.717, 1.165) is 0 Å². The van der Waals surface area contributed by atoms with Crippen LogP contribution >= 0.6 is 33.2 Å². The molecule has 0 fully saturated rings. The fraction of sp³-hybridized carbons (Fsp3) is 0.600. The Morgan fingerprint density at radius 2 is 1.80 bits per heavy atom. The Morgan fingerprint density at radius 3 is 1.80 bits per heavy atom. The van der Waals surface area contributed by atoms with Gasteiger partial charge < -0.3 is 5.11 Å². The van der Waals surface area contributed by atoms with Crippen LogP contribution in [0.4, 0.5) is 0 Å². The summed E-state index contributed by atoms with van der Waals surface area (Å²) in [7, 11) is 0. The van der Waals surface area contributed by atoms with Crippen LogP contribution in [0.2, 0.25) is 6.04 Å². The molecule has 0 amide bonds. The van der Waals surface area contributed by atoms with E-state index in [-0.39, 0.29) is 6.61 Å². The second-order valence-corrected chi connectivity index (χ2v) is 10.6. The predicted octanol–water partition coefficient (Wildman–Crippen LogP) is 2.83. The fourth-order valence-corrected chi connectivity index (χ4v) is 1.47. The van der Waals surface area contributed by atoms with Crippen LogP contribution in [0.25, 0.3) is 0 Å². The molecule has 62 valence electrons. The van der Waals surface area contributed by atoms with E-state index in [9.17, 15) is 0 Å². The summed E-state index contributed by atoms with van der Waals surface area (Å²) < 4.78 is 0. The lowest BCUT2D eigenvalue weighted by atomic mass is 10.8. The maximum Gasteiger partial charge on any atom is 0.344 e. The first-order valence-electron chi connectivity index (χ1n) is 2.76. The zero-order valence-corrected chi connectivity index (χ0v) is 9.05. The van der Waals surface area contributed by atoms with Gasteiger partial charge in [-0.3, -0.25) is 0 Å². The largest absolute Gasteiger partial charge is 0.397 e. The SMILES string of the molecule is C=CC[Si](Cl)(Cl)Cl.CCO. The zero-order valence-electron chi connectivity index (χ0n) is 5.78. The highest BCUT2D eigenvalue weighted by Gasteiger charge is 2.21. The summed E-state index contributed by atoms with van der Waals surface area (Å²) in [5.41, 5.74) is 0. The van der Waals surface area contributed by atoms with E-state index in [2.05, 4.69) is 6.58 Å². The van der Waals surface area contributed by atoms with E-state index in [1.165, 1.54) is 0 Å². The van der Waals surface area contributed by atoms with Crippen LogP contribution in [0.3, 0.4) is 0 Å². The van der Waals surface area contributed by atoms with Crippen molar-refractivity contribution < 1.29 is 5.11 Å². The minimum atomic E-state index is -2.36. The van der Waals surface area contributed by atoms with Gasteiger partial charge in [-0.15, -0.1) is 39.8 Å². The van der Waals surface area contributed by atoms with Crippen molar-refractivity contribution in [3.8, 4) is 0 Å². The second kappa shape index (κ2) is 7.89. The molecule has 1 N–H and O–H groups in total. The van der Waals surface area contributed by atoms with Crippen molar-refractivity contribution in [2.24, 2.45) is 0 Å². The standard InChI is InChI=1S/C3H5Cl3Si.C2H6O/c1-2-3-7(4,5)6;1-2-3/h2H,1,3H2;3H,2H2,1H3. The first kappa shape index (κ1) is 13.4. The molecule has 0 aliphatic rings. The molecular formula is C5H11Cl3OSi. The Labute approximate surface area is 76.7 Å². The third kappa shape index (κ3) is 23.3. The quantitative estimate of drug-likeness (QED) is 0.432. The first-order chi connectivity index (χ1) is 4.47. The van der Waals surface area contributed by atoms with Gasteiger partial charge >= 0.3 is 6.00 Å². The fourth-order valence-electron chi connectivity index (χ4n) is 0.164. The van der Waals surface area contributed by atoms with Crippen LogP contribution in [-0.4, -0.2) is 17.7 Å². The molecule has 10 heavy (non-hydrogen) atoms. The molecule has 0 aromatic heterocycles. The minimum Gasteiger partial charge on any atom is -0.397 e. The molecule has 0 aromatic rings. The van der Waals surface area contributed by atoms with Crippen LogP contribution < -0.4 is 0 Å². The summed E-state index contributed by atoms with van der Waals surface area (Å²) in [4.78, 5) is 0. The van der Waals surface area contributed by atoms with Gasteiger partial charge in [0, 0.05) is 12.7 Å². The third-order valence-electron chi connectivity index (χ3n) is 0.376. The molecule has 0 atom stereocenters. The lowest BCUT2D eigenvalue weighted by Gasteiger charge is -1.99. The van der Waals surface area contributed by atoms with Gasteiger partial charge in [-0.05, 0) is 6.92 Å². The third-order valence-corrected chi connectivity index (χ3v) is 2.52. The van der Waals surface area contributed by atoms with Crippen molar-refractivity contribution in [3.05, 3.63) is 12.7 Å². The number of aliphatic hydroxyl groups excluding tert-OH is 1. The van der Waals surface area contributed by atoms with Gasteiger partial charge in [0.05, 0.1) is 0 Å². The van der Waals surface area contributed by atoms with Gasteiger partial charge in [0.15, 0.2) is 0 Å². The summed E-state index contributed by atoms with van der Waals surface area (Å²) in [6.07, 6.45) is 1.62. The predicted molar refractivity (Wildman–Crippen MR) is 51.1 cm³/mol. The lowest BCUT2D eigenvalue weighted by Crippen LogP contribution is -2.05. The second-order valence-electron chi connectivity index (χ2n) is 1.42. The van der Waals surface area contributed by atoms with E-state index >= 15 is 0 Å². The van der Waals surface area contributed by atoms with Gasteiger partial charge in [0.25, 0.3) is 0 Å². The smallest absolute Gasteiger partial charge is 0.344 e. The van der Waals surface area contributed by atoms with E-state index < -0.39 is 6.00 Å². The van der Waals surface area contributed by atoms with E-state index in [4.69, 9.17) is 38.3 Å². The molecule has 0 saturated carbocycles. The Kier molecular flexibility index (Phi) is 10.6. The highest BCUT2D eigenvalue weighted by Crippen LogP contribution is 2.24. The molecule has 0 aromatic carbocycles. The van der Waals surface area contributed by atoms with Crippen molar-refractivity contribution >= 4 is 39.2 Å².